The molecule has 0 fully saturated rings. The zero-order valence-electron chi connectivity index (χ0n) is 20.0. The highest BCUT2D eigenvalue weighted by Gasteiger charge is 2.35. The number of methoxy groups -OCH3 is 2. The van der Waals surface area contributed by atoms with Gasteiger partial charge in [-0.25, -0.2) is 0 Å². The van der Waals surface area contributed by atoms with Gasteiger partial charge in [0.15, 0.2) is 11.5 Å². The Morgan fingerprint density at radius 1 is 0.946 bits per heavy atom. The number of rotatable bonds is 4. The average Bonchev–Trinajstić information content (AvgIpc) is 2.92. The Kier molecular flexibility index (Phi) is 5.40. The van der Waals surface area contributed by atoms with Crippen LogP contribution in [0.25, 0.3) is 22.1 Å². The summed E-state index contributed by atoms with van der Waals surface area (Å²) in [4.78, 5) is 26.1. The first-order chi connectivity index (χ1) is 18.0. The van der Waals surface area contributed by atoms with Crippen molar-refractivity contribution in [2.24, 2.45) is 0 Å². The Morgan fingerprint density at radius 2 is 1.73 bits per heavy atom. The lowest BCUT2D eigenvalue weighted by molar-refractivity contribution is -0.135. The first-order valence-electron chi connectivity index (χ1n) is 11.6. The van der Waals surface area contributed by atoms with Gasteiger partial charge in [-0.2, -0.15) is 0 Å². The zero-order valence-corrected chi connectivity index (χ0v) is 20.0. The minimum Gasteiger partial charge on any atom is -0.507 e. The molecule has 6 rings (SSSR count). The maximum absolute atomic E-state index is 13.6. The molecule has 3 heterocycles. The van der Waals surface area contributed by atoms with Gasteiger partial charge in [-0.3, -0.25) is 9.59 Å². The van der Waals surface area contributed by atoms with E-state index in [9.17, 15) is 14.7 Å². The number of esters is 1. The van der Waals surface area contributed by atoms with Crippen molar-refractivity contribution in [3.63, 3.8) is 0 Å². The maximum Gasteiger partial charge on any atom is 0.312 e. The van der Waals surface area contributed by atoms with Crippen LogP contribution in [0.5, 0.6) is 34.5 Å². The van der Waals surface area contributed by atoms with Crippen molar-refractivity contribution in [3.8, 4) is 45.6 Å². The number of aromatic hydroxyl groups is 1. The summed E-state index contributed by atoms with van der Waals surface area (Å²) >= 11 is 0. The molecule has 1 N–H and O–H groups in total. The van der Waals surface area contributed by atoms with Crippen LogP contribution in [0.3, 0.4) is 0 Å². The van der Waals surface area contributed by atoms with Crippen LogP contribution in [0.1, 0.15) is 23.5 Å². The largest absolute Gasteiger partial charge is 0.507 e. The number of phenolic OH excluding ortho intramolecular Hbond substituents is 1. The minimum absolute atomic E-state index is 0.000439. The summed E-state index contributed by atoms with van der Waals surface area (Å²) in [6, 6.07) is 11.8. The smallest absolute Gasteiger partial charge is 0.312 e. The molecule has 1 atom stereocenters. The van der Waals surface area contributed by atoms with E-state index in [1.807, 2.05) is 0 Å². The van der Waals surface area contributed by atoms with Crippen LogP contribution in [-0.4, -0.2) is 38.5 Å². The van der Waals surface area contributed by atoms with Gasteiger partial charge in [0.1, 0.15) is 47.7 Å². The van der Waals surface area contributed by atoms with Gasteiger partial charge in [0.25, 0.3) is 0 Å². The van der Waals surface area contributed by atoms with E-state index in [1.165, 1.54) is 19.4 Å². The third-order valence-corrected chi connectivity index (χ3v) is 6.62. The summed E-state index contributed by atoms with van der Waals surface area (Å²) in [7, 11) is 3.08. The van der Waals surface area contributed by atoms with Gasteiger partial charge in [0.05, 0.1) is 26.2 Å². The predicted octanol–water partition coefficient (Wildman–Crippen LogP) is 4.40. The first-order valence-corrected chi connectivity index (χ1v) is 11.6. The van der Waals surface area contributed by atoms with Crippen LogP contribution in [0.4, 0.5) is 0 Å². The Balaban J connectivity index is 1.56. The van der Waals surface area contributed by atoms with Crippen molar-refractivity contribution in [3.05, 3.63) is 70.1 Å². The number of phenols is 1. The van der Waals surface area contributed by atoms with Crippen molar-refractivity contribution < 1.29 is 38.0 Å². The van der Waals surface area contributed by atoms with E-state index in [4.69, 9.17) is 28.1 Å². The summed E-state index contributed by atoms with van der Waals surface area (Å²) in [6.45, 7) is 0.773. The molecular weight excluding hydrogens is 480 g/mol. The summed E-state index contributed by atoms with van der Waals surface area (Å²) in [5, 5.41) is 10.8. The standard InChI is InChI=1S/C28H22O9/c1-32-16-5-3-14(4-6-16)18-13-36-28-24-17(11-23(30)37-20(24)12-19(29)25(28)26(18)31)15-9-21(33-2)27-22(10-15)34-7-8-35-27/h3-6,9-10,12-13,17,29H,7-8,11H2,1-2H3/t17-/m1/s1. The Labute approximate surface area is 210 Å². The second kappa shape index (κ2) is 8.77. The summed E-state index contributed by atoms with van der Waals surface area (Å²) < 4.78 is 33.7. The lowest BCUT2D eigenvalue weighted by atomic mass is 9.84. The Hall–Kier alpha value is -4.66. The number of carbonyl (C=O) groups is 1. The molecule has 0 radical (unpaired) electrons. The number of hydrogen-bond acceptors (Lipinski definition) is 9. The van der Waals surface area contributed by atoms with E-state index in [1.54, 1.807) is 43.5 Å². The molecule has 9 heteroatoms. The predicted molar refractivity (Wildman–Crippen MR) is 132 cm³/mol. The maximum atomic E-state index is 13.6. The molecule has 9 nitrogen and oxygen atoms in total. The lowest BCUT2D eigenvalue weighted by Crippen LogP contribution is -2.22. The second-order valence-corrected chi connectivity index (χ2v) is 8.70. The molecule has 3 aromatic carbocycles. The van der Waals surface area contributed by atoms with Gasteiger partial charge in [0, 0.05) is 17.5 Å². The van der Waals surface area contributed by atoms with E-state index < -0.39 is 17.3 Å². The van der Waals surface area contributed by atoms with Crippen LogP contribution >= 0.6 is 0 Å². The van der Waals surface area contributed by atoms with Gasteiger partial charge in [-0.15, -0.1) is 0 Å². The molecule has 1 aromatic heterocycles. The number of carbonyl (C=O) groups excluding carboxylic acids is 1. The van der Waals surface area contributed by atoms with E-state index in [0.717, 1.165) is 0 Å². The van der Waals surface area contributed by atoms with E-state index in [2.05, 4.69) is 0 Å². The van der Waals surface area contributed by atoms with Crippen LogP contribution < -0.4 is 29.1 Å². The van der Waals surface area contributed by atoms with E-state index in [-0.39, 0.29) is 34.5 Å². The number of fused-ring (bicyclic) bond motifs is 4. The van der Waals surface area contributed by atoms with Gasteiger partial charge >= 0.3 is 5.97 Å². The van der Waals surface area contributed by atoms with Gasteiger partial charge < -0.3 is 33.2 Å². The molecule has 4 aromatic rings. The molecule has 0 aliphatic carbocycles. The topological polar surface area (TPSA) is 114 Å². The number of benzene rings is 3. The van der Waals surface area contributed by atoms with Crippen molar-refractivity contribution in [1.29, 1.82) is 0 Å². The molecule has 0 saturated carbocycles. The fourth-order valence-corrected chi connectivity index (χ4v) is 4.88. The lowest BCUT2D eigenvalue weighted by Gasteiger charge is -2.28. The Morgan fingerprint density at radius 3 is 2.49 bits per heavy atom. The molecule has 188 valence electrons. The van der Waals surface area contributed by atoms with Gasteiger partial charge in [0.2, 0.25) is 11.2 Å². The van der Waals surface area contributed by atoms with E-state index in [0.29, 0.717) is 52.9 Å². The Bertz CT molecular complexity index is 1580. The first kappa shape index (κ1) is 22.8. The number of hydrogen-bond donors (Lipinski definition) is 1. The van der Waals surface area contributed by atoms with Crippen LogP contribution in [-0.2, 0) is 4.79 Å². The SMILES string of the molecule is COc1ccc(-c2coc3c4c(cc(O)c3c2=O)OC(=O)C[C@@H]4c2cc(OC)c3c(c2)OCCO3)cc1. The highest BCUT2D eigenvalue weighted by atomic mass is 16.6. The molecule has 2 aliphatic heterocycles. The molecule has 2 aliphatic rings. The highest BCUT2D eigenvalue weighted by molar-refractivity contribution is 5.94. The van der Waals surface area contributed by atoms with Gasteiger partial charge in [-0.05, 0) is 35.4 Å². The average molecular weight is 502 g/mol. The normalized spacial score (nSPS) is 16.2. The molecule has 0 bridgehead atoms. The monoisotopic (exact) mass is 502 g/mol. The van der Waals surface area contributed by atoms with Crippen molar-refractivity contribution >= 4 is 16.9 Å². The second-order valence-electron chi connectivity index (χ2n) is 8.70. The number of ether oxygens (including phenoxy) is 5. The van der Waals surface area contributed by atoms with Crippen LogP contribution in [0.15, 0.2) is 57.9 Å². The zero-order chi connectivity index (χ0) is 25.7. The quantitative estimate of drug-likeness (QED) is 0.320. The highest BCUT2D eigenvalue weighted by Crippen LogP contribution is 2.49. The van der Waals surface area contributed by atoms with Crippen LogP contribution in [0.2, 0.25) is 0 Å². The molecule has 0 amide bonds. The fourth-order valence-electron chi connectivity index (χ4n) is 4.88. The van der Waals surface area contributed by atoms with Gasteiger partial charge in [-0.1, -0.05) is 12.1 Å². The molecule has 0 spiro atoms. The molecule has 0 saturated heterocycles. The molecule has 37 heavy (non-hydrogen) atoms. The van der Waals surface area contributed by atoms with E-state index >= 15 is 0 Å². The fraction of sp³-hybridized carbons (Fsp3) is 0.214. The third kappa shape index (κ3) is 3.70. The van der Waals surface area contributed by atoms with Crippen molar-refractivity contribution in [2.45, 2.75) is 12.3 Å². The third-order valence-electron chi connectivity index (χ3n) is 6.62. The summed E-state index contributed by atoms with van der Waals surface area (Å²) in [5.74, 6) is 0.826. The summed E-state index contributed by atoms with van der Waals surface area (Å²) in [5.41, 5.74) is 1.77. The minimum atomic E-state index is -0.556. The van der Waals surface area contributed by atoms with Crippen LogP contribution in [0, 0.1) is 0 Å². The summed E-state index contributed by atoms with van der Waals surface area (Å²) in [6.07, 6.45) is 1.34. The molecular formula is C28H22O9. The van der Waals surface area contributed by atoms with Crippen molar-refractivity contribution in [1.82, 2.24) is 0 Å². The molecule has 0 unspecified atom stereocenters. The van der Waals surface area contributed by atoms with Crippen molar-refractivity contribution in [2.75, 3.05) is 27.4 Å².